The Labute approximate surface area is 255 Å². The summed E-state index contributed by atoms with van der Waals surface area (Å²) in [6.45, 7) is 17.3. The lowest BCUT2D eigenvalue weighted by Gasteiger charge is -2.63. The number of phenolic OH excluding ortho intramolecular Hbond substituents is 1. The number of esters is 1. The van der Waals surface area contributed by atoms with Gasteiger partial charge in [0, 0.05) is 11.5 Å². The van der Waals surface area contributed by atoms with E-state index in [0.717, 1.165) is 29.7 Å². The lowest BCUT2D eigenvalue weighted by Crippen LogP contribution is -2.58. The number of benzene rings is 1. The average Bonchev–Trinajstić information content (AvgIpc) is 3.51. The van der Waals surface area contributed by atoms with Gasteiger partial charge in [0.1, 0.15) is 11.9 Å². The van der Waals surface area contributed by atoms with Crippen molar-refractivity contribution in [1.29, 1.82) is 0 Å². The number of phenols is 1. The molecular formula is C39H56O3. The minimum atomic E-state index is -0.243. The fourth-order valence-electron chi connectivity index (χ4n) is 12.3. The highest BCUT2D eigenvalue weighted by molar-refractivity contribution is 5.87. The number of fused-ring (bicyclic) bond motifs is 2. The first-order chi connectivity index (χ1) is 19.8. The predicted octanol–water partition coefficient (Wildman–Crippen LogP) is 10.1. The van der Waals surface area contributed by atoms with Gasteiger partial charge in [0.05, 0.1) is 0 Å². The van der Waals surface area contributed by atoms with Crippen molar-refractivity contribution in [3.8, 4) is 5.75 Å². The van der Waals surface area contributed by atoms with E-state index in [1.807, 2.05) is 12.1 Å². The van der Waals surface area contributed by atoms with Crippen molar-refractivity contribution in [2.24, 2.45) is 50.7 Å². The van der Waals surface area contributed by atoms with Crippen LogP contribution >= 0.6 is 0 Å². The monoisotopic (exact) mass is 572 g/mol. The SMILES string of the molecule is CC(C)=CCCC(C)C1CCC2(C)C3CCC4C(C)(C)C(OC(=O)C=Cc5ccc(O)cc5)CCC45CC35CCC12C. The van der Waals surface area contributed by atoms with E-state index < -0.39 is 0 Å². The van der Waals surface area contributed by atoms with Crippen LogP contribution in [0.4, 0.5) is 0 Å². The van der Waals surface area contributed by atoms with Gasteiger partial charge in [-0.05, 0) is 154 Å². The molecule has 0 aliphatic heterocycles. The highest BCUT2D eigenvalue weighted by Crippen LogP contribution is 2.89. The van der Waals surface area contributed by atoms with Crippen molar-refractivity contribution in [2.45, 2.75) is 125 Å². The summed E-state index contributed by atoms with van der Waals surface area (Å²) in [6, 6.07) is 6.91. The molecule has 42 heavy (non-hydrogen) atoms. The van der Waals surface area contributed by atoms with Gasteiger partial charge in [-0.3, -0.25) is 0 Å². The van der Waals surface area contributed by atoms with E-state index in [9.17, 15) is 9.90 Å². The quantitative estimate of drug-likeness (QED) is 0.201. The maximum absolute atomic E-state index is 12.9. The second-order valence-electron chi connectivity index (χ2n) is 16.7. The molecule has 6 rings (SSSR count). The van der Waals surface area contributed by atoms with E-state index in [2.05, 4.69) is 54.5 Å². The second-order valence-corrected chi connectivity index (χ2v) is 16.7. The van der Waals surface area contributed by atoms with E-state index >= 15 is 0 Å². The van der Waals surface area contributed by atoms with Crippen LogP contribution in [0.25, 0.3) is 6.08 Å². The number of aromatic hydroxyl groups is 1. The molecule has 0 saturated heterocycles. The molecule has 1 aromatic rings. The van der Waals surface area contributed by atoms with Gasteiger partial charge in [0.2, 0.25) is 0 Å². The number of carbonyl (C=O) groups excluding carboxylic acids is 1. The molecule has 5 fully saturated rings. The molecule has 9 atom stereocenters. The van der Waals surface area contributed by atoms with Gasteiger partial charge in [0.15, 0.2) is 0 Å². The van der Waals surface area contributed by atoms with Crippen LogP contribution in [0.15, 0.2) is 42.0 Å². The summed E-state index contributed by atoms with van der Waals surface area (Å²) in [5, 5.41) is 9.53. The zero-order valence-corrected chi connectivity index (χ0v) is 27.5. The Balaban J connectivity index is 1.16. The van der Waals surface area contributed by atoms with Gasteiger partial charge in [-0.25, -0.2) is 4.79 Å². The summed E-state index contributed by atoms with van der Waals surface area (Å²) in [5.74, 6) is 3.15. The van der Waals surface area contributed by atoms with E-state index in [0.29, 0.717) is 27.6 Å². The Hall–Kier alpha value is -2.03. The van der Waals surface area contributed by atoms with Crippen LogP contribution in [-0.2, 0) is 9.53 Å². The molecule has 230 valence electrons. The van der Waals surface area contributed by atoms with Gasteiger partial charge in [-0.2, -0.15) is 0 Å². The molecule has 5 saturated carbocycles. The molecule has 0 radical (unpaired) electrons. The summed E-state index contributed by atoms with van der Waals surface area (Å²) < 4.78 is 6.21. The number of allylic oxidation sites excluding steroid dienone is 2. The molecule has 5 aliphatic carbocycles. The molecule has 1 aromatic carbocycles. The molecular weight excluding hydrogens is 516 g/mol. The molecule has 0 bridgehead atoms. The molecule has 2 spiro atoms. The minimum absolute atomic E-state index is 0.00589. The molecule has 9 unspecified atom stereocenters. The van der Waals surface area contributed by atoms with Crippen LogP contribution in [0, 0.1) is 50.7 Å². The first-order valence-electron chi connectivity index (χ1n) is 17.1. The fourth-order valence-corrected chi connectivity index (χ4v) is 12.3. The summed E-state index contributed by atoms with van der Waals surface area (Å²) in [4.78, 5) is 12.9. The molecule has 0 amide bonds. The van der Waals surface area contributed by atoms with Crippen LogP contribution in [0.2, 0.25) is 0 Å². The third-order valence-corrected chi connectivity index (χ3v) is 14.5. The van der Waals surface area contributed by atoms with Crippen molar-refractivity contribution in [3.05, 3.63) is 47.6 Å². The molecule has 0 aromatic heterocycles. The summed E-state index contributed by atoms with van der Waals surface area (Å²) in [7, 11) is 0. The number of rotatable bonds is 7. The first-order valence-corrected chi connectivity index (χ1v) is 17.1. The Morgan fingerprint density at radius 2 is 1.62 bits per heavy atom. The van der Waals surface area contributed by atoms with Crippen LogP contribution < -0.4 is 0 Å². The maximum atomic E-state index is 12.9. The summed E-state index contributed by atoms with van der Waals surface area (Å²) in [6.07, 6.45) is 20.3. The van der Waals surface area contributed by atoms with Gasteiger partial charge in [-0.1, -0.05) is 58.4 Å². The van der Waals surface area contributed by atoms with Crippen LogP contribution in [0.3, 0.4) is 0 Å². The third-order valence-electron chi connectivity index (χ3n) is 14.5. The van der Waals surface area contributed by atoms with Gasteiger partial charge in [0.25, 0.3) is 0 Å². The molecule has 3 nitrogen and oxygen atoms in total. The highest BCUT2D eigenvalue weighted by atomic mass is 16.5. The largest absolute Gasteiger partial charge is 0.508 e. The van der Waals surface area contributed by atoms with E-state index in [4.69, 9.17) is 4.74 Å². The zero-order valence-electron chi connectivity index (χ0n) is 27.5. The first kappa shape index (κ1) is 30.0. The zero-order chi connectivity index (χ0) is 30.1. The Morgan fingerprint density at radius 3 is 2.33 bits per heavy atom. The Bertz CT molecular complexity index is 1250. The van der Waals surface area contributed by atoms with Crippen molar-refractivity contribution < 1.29 is 14.6 Å². The average molecular weight is 573 g/mol. The van der Waals surface area contributed by atoms with Crippen molar-refractivity contribution in [3.63, 3.8) is 0 Å². The third kappa shape index (κ3) is 4.37. The second kappa shape index (κ2) is 10.3. The highest BCUT2D eigenvalue weighted by Gasteiger charge is 2.82. The summed E-state index contributed by atoms with van der Waals surface area (Å²) in [5.41, 5.74) is 4.25. The predicted molar refractivity (Wildman–Crippen MR) is 172 cm³/mol. The fraction of sp³-hybridized carbons (Fsp3) is 0.718. The minimum Gasteiger partial charge on any atom is -0.508 e. The molecule has 0 heterocycles. The molecule has 3 heteroatoms. The van der Waals surface area contributed by atoms with Gasteiger partial charge >= 0.3 is 5.97 Å². The lowest BCUT2D eigenvalue weighted by molar-refractivity contribution is -0.179. The Kier molecular flexibility index (Phi) is 7.34. The smallest absolute Gasteiger partial charge is 0.331 e. The number of ether oxygens (including phenoxy) is 1. The lowest BCUT2D eigenvalue weighted by atomic mass is 9.41. The molecule has 1 N–H and O–H groups in total. The van der Waals surface area contributed by atoms with E-state index in [-0.39, 0.29) is 23.2 Å². The van der Waals surface area contributed by atoms with Crippen molar-refractivity contribution in [2.75, 3.05) is 0 Å². The maximum Gasteiger partial charge on any atom is 0.331 e. The van der Waals surface area contributed by atoms with Crippen molar-refractivity contribution in [1.82, 2.24) is 0 Å². The number of hydrogen-bond donors (Lipinski definition) is 1. The van der Waals surface area contributed by atoms with Crippen LogP contribution in [-0.4, -0.2) is 17.2 Å². The summed E-state index contributed by atoms with van der Waals surface area (Å²) >= 11 is 0. The van der Waals surface area contributed by atoms with Gasteiger partial charge < -0.3 is 9.84 Å². The van der Waals surface area contributed by atoms with Crippen LogP contribution in [0.5, 0.6) is 5.75 Å². The Morgan fingerprint density at radius 1 is 0.929 bits per heavy atom. The normalized spacial score (nSPS) is 42.1. The van der Waals surface area contributed by atoms with E-state index in [1.165, 1.54) is 69.8 Å². The topological polar surface area (TPSA) is 46.5 Å². The molecule has 5 aliphatic rings. The number of hydrogen-bond acceptors (Lipinski definition) is 3. The van der Waals surface area contributed by atoms with Crippen LogP contribution in [0.1, 0.15) is 125 Å². The van der Waals surface area contributed by atoms with Crippen molar-refractivity contribution >= 4 is 12.0 Å². The van der Waals surface area contributed by atoms with E-state index in [1.54, 1.807) is 24.3 Å². The number of carbonyl (C=O) groups is 1. The van der Waals surface area contributed by atoms with Gasteiger partial charge in [-0.15, -0.1) is 0 Å². The standard InChI is InChI=1S/C39H56O3/c1-26(2)9-8-10-27(3)30-19-21-37(7)32-17-16-31-35(4,5)33(42-34(41)18-13-28-11-14-29(40)15-12-28)20-22-38(31)25-39(32,38)24-23-36(30,37)6/h9,11-15,18,27,30-33,40H,8,10,16-17,19-25H2,1-7H3.